The van der Waals surface area contributed by atoms with Crippen molar-refractivity contribution in [2.24, 2.45) is 5.92 Å². The normalized spacial score (nSPS) is 22.4. The third kappa shape index (κ3) is 4.08. The standard InChI is InChI=1S/C31H36N4O3/c1-3-18(2)26(30(37)32-19-11-5-4-6-12-19)34-29(36)25-17-23-20-13-9-10-16-24(20)33-27(23)28-21-14-7-8-15-22(21)31(38)35(25)28/h7-10,13-16,18-19,25-26,28,33H,3-6,11-12,17H2,1-2H3,(H,32,37)(H,34,36)/t18?,25-,26-,28?/m0/s1. The average Bonchev–Trinajstić information content (AvgIpc) is 3.46. The number of aromatic amines is 1. The largest absolute Gasteiger partial charge is 0.356 e. The van der Waals surface area contributed by atoms with E-state index >= 15 is 0 Å². The Morgan fingerprint density at radius 1 is 1.05 bits per heavy atom. The van der Waals surface area contributed by atoms with Crippen molar-refractivity contribution in [2.45, 2.75) is 83.0 Å². The van der Waals surface area contributed by atoms with E-state index in [-0.39, 0.29) is 35.7 Å². The zero-order valence-corrected chi connectivity index (χ0v) is 22.1. The van der Waals surface area contributed by atoms with Crippen molar-refractivity contribution in [1.82, 2.24) is 20.5 Å². The molecule has 7 nitrogen and oxygen atoms in total. The number of rotatable bonds is 6. The quantitative estimate of drug-likeness (QED) is 0.450. The van der Waals surface area contributed by atoms with Gasteiger partial charge in [0.15, 0.2) is 0 Å². The van der Waals surface area contributed by atoms with Crippen molar-refractivity contribution in [3.63, 3.8) is 0 Å². The average molecular weight is 513 g/mol. The first kappa shape index (κ1) is 24.7. The summed E-state index contributed by atoms with van der Waals surface area (Å²) in [7, 11) is 0. The van der Waals surface area contributed by atoms with Crippen LogP contribution in [0.25, 0.3) is 10.9 Å². The SMILES string of the molecule is CCC(C)[C@H](NC(=O)[C@@H]1Cc2c([nH]c3ccccc23)C2c3ccccc3C(=O)N21)C(=O)NC1CCCCC1. The molecule has 6 rings (SSSR count). The molecule has 2 aliphatic heterocycles. The number of aromatic nitrogens is 1. The number of nitrogens with zero attached hydrogens (tertiary/aromatic N) is 1. The minimum Gasteiger partial charge on any atom is -0.356 e. The Morgan fingerprint density at radius 2 is 1.79 bits per heavy atom. The highest BCUT2D eigenvalue weighted by Crippen LogP contribution is 2.46. The van der Waals surface area contributed by atoms with E-state index in [1.54, 1.807) is 4.90 Å². The molecule has 7 heteroatoms. The molecular formula is C31H36N4O3. The molecule has 4 atom stereocenters. The smallest absolute Gasteiger partial charge is 0.255 e. The minimum atomic E-state index is -0.708. The van der Waals surface area contributed by atoms with E-state index in [2.05, 4.69) is 21.7 Å². The Labute approximate surface area is 223 Å². The number of nitrogens with one attached hydrogen (secondary N) is 3. The molecule has 1 aromatic heterocycles. The molecule has 198 valence electrons. The van der Waals surface area contributed by atoms with Gasteiger partial charge in [-0.1, -0.05) is 75.9 Å². The third-order valence-corrected chi connectivity index (χ3v) is 8.90. The highest BCUT2D eigenvalue weighted by Gasteiger charge is 2.49. The van der Waals surface area contributed by atoms with E-state index in [0.717, 1.165) is 59.8 Å². The number of amides is 3. The molecule has 3 N–H and O–H groups in total. The van der Waals surface area contributed by atoms with Crippen LogP contribution in [0, 0.1) is 5.92 Å². The van der Waals surface area contributed by atoms with Crippen molar-refractivity contribution in [1.29, 1.82) is 0 Å². The van der Waals surface area contributed by atoms with Gasteiger partial charge in [0.25, 0.3) is 5.91 Å². The van der Waals surface area contributed by atoms with Gasteiger partial charge in [0.1, 0.15) is 12.1 Å². The van der Waals surface area contributed by atoms with Crippen molar-refractivity contribution in [3.05, 3.63) is 70.9 Å². The van der Waals surface area contributed by atoms with Crippen LogP contribution in [0.15, 0.2) is 48.5 Å². The molecule has 0 bridgehead atoms. The molecule has 3 heterocycles. The lowest BCUT2D eigenvalue weighted by Crippen LogP contribution is -2.58. The van der Waals surface area contributed by atoms with E-state index in [1.807, 2.05) is 56.3 Å². The Kier molecular flexibility index (Phi) is 6.46. The fourth-order valence-electron chi connectivity index (χ4n) is 6.63. The maximum atomic E-state index is 14.0. The summed E-state index contributed by atoms with van der Waals surface area (Å²) in [6.07, 6.45) is 6.60. The summed E-state index contributed by atoms with van der Waals surface area (Å²) in [5.74, 6) is -0.550. The van der Waals surface area contributed by atoms with Gasteiger partial charge in [-0.2, -0.15) is 0 Å². The lowest BCUT2D eigenvalue weighted by Gasteiger charge is -2.38. The second kappa shape index (κ2) is 9.93. The first-order chi connectivity index (χ1) is 18.5. The van der Waals surface area contributed by atoms with Gasteiger partial charge in [-0.3, -0.25) is 14.4 Å². The summed E-state index contributed by atoms with van der Waals surface area (Å²) in [6.45, 7) is 4.04. The molecule has 3 amide bonds. The van der Waals surface area contributed by atoms with Gasteiger partial charge in [0.05, 0.1) is 6.04 Å². The van der Waals surface area contributed by atoms with E-state index < -0.39 is 12.1 Å². The summed E-state index contributed by atoms with van der Waals surface area (Å²) in [5, 5.41) is 7.39. The highest BCUT2D eigenvalue weighted by atomic mass is 16.2. The van der Waals surface area contributed by atoms with Crippen molar-refractivity contribution in [2.75, 3.05) is 0 Å². The molecule has 2 aromatic carbocycles. The molecule has 2 unspecified atom stereocenters. The van der Waals surface area contributed by atoms with Crippen LogP contribution in [-0.4, -0.2) is 45.7 Å². The van der Waals surface area contributed by atoms with E-state index in [4.69, 9.17) is 0 Å². The van der Waals surface area contributed by atoms with E-state index in [1.165, 1.54) is 6.42 Å². The fraction of sp³-hybridized carbons (Fsp3) is 0.452. The Balaban J connectivity index is 1.34. The first-order valence-electron chi connectivity index (χ1n) is 14.1. The van der Waals surface area contributed by atoms with E-state index in [0.29, 0.717) is 12.0 Å². The number of para-hydroxylation sites is 1. The molecule has 3 aromatic rings. The van der Waals surface area contributed by atoms with Gasteiger partial charge in [-0.05, 0) is 42.0 Å². The van der Waals surface area contributed by atoms with Gasteiger partial charge in [0.2, 0.25) is 11.8 Å². The zero-order valence-electron chi connectivity index (χ0n) is 22.1. The molecule has 3 aliphatic rings. The summed E-state index contributed by atoms with van der Waals surface area (Å²) in [5.41, 5.74) is 4.59. The number of hydrogen-bond donors (Lipinski definition) is 3. The molecule has 0 radical (unpaired) electrons. The van der Waals surface area contributed by atoms with Gasteiger partial charge in [-0.25, -0.2) is 0 Å². The Morgan fingerprint density at radius 3 is 2.58 bits per heavy atom. The van der Waals surface area contributed by atoms with Crippen molar-refractivity contribution in [3.8, 4) is 0 Å². The topological polar surface area (TPSA) is 94.3 Å². The van der Waals surface area contributed by atoms with Crippen LogP contribution in [0.4, 0.5) is 0 Å². The van der Waals surface area contributed by atoms with Crippen LogP contribution in [0.5, 0.6) is 0 Å². The predicted molar refractivity (Wildman–Crippen MR) is 147 cm³/mol. The fourth-order valence-corrected chi connectivity index (χ4v) is 6.63. The Hall–Kier alpha value is -3.61. The number of H-pyrrole nitrogens is 1. The first-order valence-corrected chi connectivity index (χ1v) is 14.1. The number of carbonyl (C=O) groups excluding carboxylic acids is 3. The lowest BCUT2D eigenvalue weighted by atomic mass is 9.89. The molecule has 1 saturated carbocycles. The Bertz CT molecular complexity index is 1390. The second-order valence-corrected chi connectivity index (χ2v) is 11.2. The maximum absolute atomic E-state index is 14.0. The van der Waals surface area contributed by atoms with Crippen LogP contribution in [0.1, 0.15) is 85.6 Å². The zero-order chi connectivity index (χ0) is 26.4. The van der Waals surface area contributed by atoms with Crippen molar-refractivity contribution >= 4 is 28.6 Å². The number of carbonyl (C=O) groups is 3. The van der Waals surface area contributed by atoms with Crippen molar-refractivity contribution < 1.29 is 14.4 Å². The molecular weight excluding hydrogens is 476 g/mol. The molecule has 1 fully saturated rings. The van der Waals surface area contributed by atoms with Gasteiger partial charge >= 0.3 is 0 Å². The summed E-state index contributed by atoms with van der Waals surface area (Å²) >= 11 is 0. The summed E-state index contributed by atoms with van der Waals surface area (Å²) < 4.78 is 0. The highest BCUT2D eigenvalue weighted by molar-refractivity contribution is 6.04. The van der Waals surface area contributed by atoms with Crippen LogP contribution in [0.2, 0.25) is 0 Å². The molecule has 1 aliphatic carbocycles. The monoisotopic (exact) mass is 512 g/mol. The number of benzene rings is 2. The van der Waals surface area contributed by atoms with Gasteiger partial charge in [0, 0.05) is 34.6 Å². The van der Waals surface area contributed by atoms with Gasteiger partial charge in [-0.15, -0.1) is 0 Å². The second-order valence-electron chi connectivity index (χ2n) is 11.2. The number of fused-ring (bicyclic) bond motifs is 7. The summed E-state index contributed by atoms with van der Waals surface area (Å²) in [6, 6.07) is 14.2. The summed E-state index contributed by atoms with van der Waals surface area (Å²) in [4.78, 5) is 46.4. The molecule has 38 heavy (non-hydrogen) atoms. The molecule has 0 saturated heterocycles. The van der Waals surface area contributed by atoms with E-state index in [9.17, 15) is 14.4 Å². The predicted octanol–water partition coefficient (Wildman–Crippen LogP) is 4.62. The molecule has 0 spiro atoms. The van der Waals surface area contributed by atoms with Crippen LogP contribution < -0.4 is 10.6 Å². The van der Waals surface area contributed by atoms with Gasteiger partial charge < -0.3 is 20.5 Å². The van der Waals surface area contributed by atoms with Crippen LogP contribution in [0.3, 0.4) is 0 Å². The number of hydrogen-bond acceptors (Lipinski definition) is 3. The van der Waals surface area contributed by atoms with Crippen LogP contribution in [-0.2, 0) is 16.0 Å². The third-order valence-electron chi connectivity index (χ3n) is 8.90. The minimum absolute atomic E-state index is 0.0305. The maximum Gasteiger partial charge on any atom is 0.255 e. The van der Waals surface area contributed by atoms with Crippen LogP contribution >= 0.6 is 0 Å². The lowest BCUT2D eigenvalue weighted by molar-refractivity contribution is -0.133.